The molecule has 0 saturated heterocycles. The Balaban J connectivity index is 3.34. The highest BCUT2D eigenvalue weighted by atomic mass is 127. The van der Waals surface area contributed by atoms with Gasteiger partial charge in [-0.1, -0.05) is 0 Å². The molecule has 14 heavy (non-hydrogen) atoms. The molecule has 7 heteroatoms. The minimum Gasteiger partial charge on any atom is -0.366 e. The molecular formula is C7H4F2I2N2O. The number of pyridine rings is 1. The van der Waals surface area contributed by atoms with E-state index in [0.717, 1.165) is 6.07 Å². The van der Waals surface area contributed by atoms with Gasteiger partial charge < -0.3 is 5.73 Å². The van der Waals surface area contributed by atoms with E-state index in [4.69, 9.17) is 5.73 Å². The summed E-state index contributed by atoms with van der Waals surface area (Å²) in [7, 11) is 0. The largest absolute Gasteiger partial charge is 0.366 e. The zero-order chi connectivity index (χ0) is 10.9. The average molecular weight is 424 g/mol. The average Bonchev–Trinajstić information content (AvgIpc) is 2.02. The number of amides is 1. The molecule has 0 aromatic carbocycles. The number of carbonyl (C=O) groups is 1. The Morgan fingerprint density at radius 2 is 2.00 bits per heavy atom. The van der Waals surface area contributed by atoms with E-state index in [1.54, 1.807) is 45.2 Å². The molecule has 0 aliphatic carbocycles. The van der Waals surface area contributed by atoms with Crippen LogP contribution in [0.4, 0.5) is 8.78 Å². The number of rotatable bonds is 2. The Labute approximate surface area is 106 Å². The van der Waals surface area contributed by atoms with Gasteiger partial charge in [0.15, 0.2) is 0 Å². The molecule has 0 spiro atoms. The molecule has 1 heterocycles. The van der Waals surface area contributed by atoms with Crippen molar-refractivity contribution in [1.29, 1.82) is 0 Å². The van der Waals surface area contributed by atoms with Crippen molar-refractivity contribution in [1.82, 2.24) is 4.98 Å². The third kappa shape index (κ3) is 2.49. The van der Waals surface area contributed by atoms with E-state index in [0.29, 0.717) is 3.70 Å². The van der Waals surface area contributed by atoms with Crippen LogP contribution in [0.15, 0.2) is 6.07 Å². The Morgan fingerprint density at radius 1 is 1.43 bits per heavy atom. The maximum Gasteiger partial charge on any atom is 0.266 e. The second kappa shape index (κ2) is 4.64. The molecule has 1 rings (SSSR count). The molecule has 0 aliphatic rings. The van der Waals surface area contributed by atoms with Crippen molar-refractivity contribution in [3.8, 4) is 0 Å². The normalized spacial score (nSPS) is 10.6. The zero-order valence-corrected chi connectivity index (χ0v) is 10.9. The van der Waals surface area contributed by atoms with Gasteiger partial charge in [0.1, 0.15) is 7.40 Å². The minimum atomic E-state index is -2.65. The first-order valence-electron chi connectivity index (χ1n) is 3.37. The van der Waals surface area contributed by atoms with Crippen LogP contribution in [0.5, 0.6) is 0 Å². The lowest BCUT2D eigenvalue weighted by Crippen LogP contribution is -2.15. The lowest BCUT2D eigenvalue weighted by molar-refractivity contribution is 0.0998. The van der Waals surface area contributed by atoms with E-state index in [9.17, 15) is 13.6 Å². The van der Waals surface area contributed by atoms with Crippen molar-refractivity contribution in [2.45, 2.75) is 6.43 Å². The topological polar surface area (TPSA) is 56.0 Å². The molecule has 1 aromatic rings. The molecule has 1 aromatic heterocycles. The van der Waals surface area contributed by atoms with E-state index in [2.05, 4.69) is 4.98 Å². The van der Waals surface area contributed by atoms with Gasteiger partial charge in [-0.2, -0.15) is 0 Å². The molecule has 1 amide bonds. The Kier molecular flexibility index (Phi) is 3.98. The number of hydrogen-bond donors (Lipinski definition) is 1. The Hall–Kier alpha value is -0.0600. The summed E-state index contributed by atoms with van der Waals surface area (Å²) in [6.45, 7) is 0. The van der Waals surface area contributed by atoms with E-state index in [-0.39, 0.29) is 14.8 Å². The summed E-state index contributed by atoms with van der Waals surface area (Å²) in [5.41, 5.74) is 4.77. The smallest absolute Gasteiger partial charge is 0.266 e. The maximum atomic E-state index is 12.4. The second-order valence-electron chi connectivity index (χ2n) is 2.37. The van der Waals surface area contributed by atoms with Gasteiger partial charge in [-0.25, -0.2) is 13.8 Å². The van der Waals surface area contributed by atoms with E-state index >= 15 is 0 Å². The predicted molar refractivity (Wildman–Crippen MR) is 63.1 cm³/mol. The first kappa shape index (κ1) is 12.0. The number of primary amides is 1. The van der Waals surface area contributed by atoms with Gasteiger partial charge in [0.2, 0.25) is 0 Å². The lowest BCUT2D eigenvalue weighted by Gasteiger charge is -2.06. The fourth-order valence-electron chi connectivity index (χ4n) is 0.811. The SMILES string of the molecule is NC(=O)c1cc(C(F)F)c(I)nc1I. The van der Waals surface area contributed by atoms with Crippen LogP contribution in [0.3, 0.4) is 0 Å². The highest BCUT2D eigenvalue weighted by molar-refractivity contribution is 14.1. The fraction of sp³-hybridized carbons (Fsp3) is 0.143. The van der Waals surface area contributed by atoms with Crippen LogP contribution in [-0.4, -0.2) is 10.9 Å². The summed E-state index contributed by atoms with van der Waals surface area (Å²) in [4.78, 5) is 14.6. The summed E-state index contributed by atoms with van der Waals surface area (Å²) in [5.74, 6) is -0.750. The molecule has 0 aliphatic heterocycles. The molecule has 0 fully saturated rings. The van der Waals surface area contributed by atoms with Crippen LogP contribution < -0.4 is 5.73 Å². The fourth-order valence-corrected chi connectivity index (χ4v) is 2.57. The van der Waals surface area contributed by atoms with Crippen molar-refractivity contribution >= 4 is 51.1 Å². The van der Waals surface area contributed by atoms with Gasteiger partial charge in [-0.05, 0) is 51.2 Å². The summed E-state index contributed by atoms with van der Waals surface area (Å²) < 4.78 is 25.3. The second-order valence-corrected chi connectivity index (χ2v) is 4.42. The third-order valence-electron chi connectivity index (χ3n) is 1.46. The number of carbonyl (C=O) groups excluding carboxylic acids is 1. The number of nitrogens with two attached hydrogens (primary N) is 1. The molecule has 76 valence electrons. The van der Waals surface area contributed by atoms with Crippen molar-refractivity contribution in [3.05, 3.63) is 24.6 Å². The van der Waals surface area contributed by atoms with Crippen LogP contribution in [0.25, 0.3) is 0 Å². The van der Waals surface area contributed by atoms with Gasteiger partial charge in [0.05, 0.1) is 11.1 Å². The molecule has 0 radical (unpaired) electrons. The maximum absolute atomic E-state index is 12.4. The summed E-state index contributed by atoms with van der Waals surface area (Å²) in [6.07, 6.45) is -2.65. The van der Waals surface area contributed by atoms with Crippen molar-refractivity contribution in [3.63, 3.8) is 0 Å². The van der Waals surface area contributed by atoms with Crippen molar-refractivity contribution < 1.29 is 13.6 Å². The van der Waals surface area contributed by atoms with E-state index in [1.807, 2.05) is 0 Å². The number of aromatic nitrogens is 1. The van der Waals surface area contributed by atoms with Crippen LogP contribution in [0, 0.1) is 7.40 Å². The molecule has 0 saturated carbocycles. The van der Waals surface area contributed by atoms with Crippen molar-refractivity contribution in [2.24, 2.45) is 5.73 Å². The molecule has 0 unspecified atom stereocenters. The summed E-state index contributed by atoms with van der Waals surface area (Å²) in [5, 5.41) is 0. The van der Waals surface area contributed by atoms with Crippen LogP contribution >= 0.6 is 45.2 Å². The van der Waals surface area contributed by atoms with Crippen molar-refractivity contribution in [2.75, 3.05) is 0 Å². The summed E-state index contributed by atoms with van der Waals surface area (Å²) in [6, 6.07) is 1.09. The van der Waals surface area contributed by atoms with Gasteiger partial charge >= 0.3 is 0 Å². The zero-order valence-electron chi connectivity index (χ0n) is 6.60. The highest BCUT2D eigenvalue weighted by Gasteiger charge is 2.18. The number of hydrogen-bond acceptors (Lipinski definition) is 2. The number of nitrogens with zero attached hydrogens (tertiary/aromatic N) is 1. The lowest BCUT2D eigenvalue weighted by atomic mass is 10.2. The molecule has 2 N–H and O–H groups in total. The van der Waals surface area contributed by atoms with Crippen LogP contribution in [-0.2, 0) is 0 Å². The van der Waals surface area contributed by atoms with Crippen LogP contribution in [0.1, 0.15) is 22.3 Å². The quantitative estimate of drug-likeness (QED) is 0.586. The predicted octanol–water partition coefficient (Wildman–Crippen LogP) is 2.33. The molecule has 3 nitrogen and oxygen atoms in total. The molecular weight excluding hydrogens is 420 g/mol. The standard InChI is InChI=1S/C7H4F2I2N2O/c8-4(9)2-1-3(7(12)14)6(11)13-5(2)10/h1,4H,(H2,12,14). The van der Waals surface area contributed by atoms with Gasteiger partial charge in [0.25, 0.3) is 12.3 Å². The van der Waals surface area contributed by atoms with Gasteiger partial charge in [-0.3, -0.25) is 4.79 Å². The Bertz CT molecular complexity index is 384. The van der Waals surface area contributed by atoms with Gasteiger partial charge in [-0.15, -0.1) is 0 Å². The summed E-state index contributed by atoms with van der Waals surface area (Å²) >= 11 is 3.47. The monoisotopic (exact) mass is 424 g/mol. The molecule has 0 bridgehead atoms. The third-order valence-corrected chi connectivity index (χ3v) is 3.14. The highest BCUT2D eigenvalue weighted by Crippen LogP contribution is 2.25. The first-order valence-corrected chi connectivity index (χ1v) is 5.53. The van der Waals surface area contributed by atoms with Gasteiger partial charge in [0, 0.05) is 0 Å². The van der Waals surface area contributed by atoms with Crippen LogP contribution in [0.2, 0.25) is 0 Å². The number of alkyl halides is 2. The first-order chi connectivity index (χ1) is 6.43. The van der Waals surface area contributed by atoms with E-state index < -0.39 is 12.3 Å². The Morgan fingerprint density at radius 3 is 2.43 bits per heavy atom. The minimum absolute atomic E-state index is 0.0290. The number of halogens is 4. The van der Waals surface area contributed by atoms with E-state index in [1.165, 1.54) is 0 Å². The molecule has 0 atom stereocenters.